The van der Waals surface area contributed by atoms with Crippen molar-refractivity contribution in [2.24, 2.45) is 5.92 Å². The molecule has 39 heavy (non-hydrogen) atoms. The van der Waals surface area contributed by atoms with Crippen LogP contribution in [0.2, 0.25) is 0 Å². The van der Waals surface area contributed by atoms with Crippen molar-refractivity contribution in [3.05, 3.63) is 65.4 Å². The quantitative estimate of drug-likeness (QED) is 0.560. The van der Waals surface area contributed by atoms with Gasteiger partial charge in [-0.3, -0.25) is 9.10 Å². The van der Waals surface area contributed by atoms with E-state index in [1.807, 2.05) is 18.2 Å². The molecule has 3 aliphatic heterocycles. The summed E-state index contributed by atoms with van der Waals surface area (Å²) < 4.78 is 39.2. The summed E-state index contributed by atoms with van der Waals surface area (Å²) >= 11 is 0. The van der Waals surface area contributed by atoms with Gasteiger partial charge >= 0.3 is 6.09 Å². The van der Waals surface area contributed by atoms with Crippen molar-refractivity contribution < 1.29 is 32.6 Å². The van der Waals surface area contributed by atoms with Crippen LogP contribution in [0, 0.1) is 5.92 Å². The van der Waals surface area contributed by atoms with Gasteiger partial charge in [0.1, 0.15) is 13.2 Å². The van der Waals surface area contributed by atoms with Crippen LogP contribution in [-0.2, 0) is 14.8 Å². The fourth-order valence-corrected chi connectivity index (χ4v) is 6.99. The Morgan fingerprint density at radius 3 is 2.54 bits per heavy atom. The van der Waals surface area contributed by atoms with Crippen molar-refractivity contribution in [3.8, 4) is 11.5 Å². The lowest BCUT2D eigenvalue weighted by Gasteiger charge is -2.27. The van der Waals surface area contributed by atoms with Gasteiger partial charge in [0.25, 0.3) is 10.0 Å². The molecular formula is C28H31N3O7S. The summed E-state index contributed by atoms with van der Waals surface area (Å²) in [6, 6.07) is 12.5. The summed E-state index contributed by atoms with van der Waals surface area (Å²) in [7, 11) is -2.33. The predicted molar refractivity (Wildman–Crippen MR) is 141 cm³/mol. The minimum Gasteiger partial charge on any atom is -0.486 e. The number of likely N-dealkylation sites (tertiary alicyclic amines) is 1. The summed E-state index contributed by atoms with van der Waals surface area (Å²) in [5.74, 6) is 0.549. The first-order chi connectivity index (χ1) is 18.7. The Labute approximate surface area is 227 Å². The maximum absolute atomic E-state index is 13.8. The third kappa shape index (κ3) is 4.91. The molecule has 1 N–H and O–H groups in total. The fraction of sp³-hybridized carbons (Fsp3) is 0.429. The number of likely N-dealkylation sites (N-methyl/N-ethyl adjacent to an activating group) is 1. The van der Waals surface area contributed by atoms with E-state index in [1.54, 1.807) is 17.2 Å². The number of hydrogen-bond acceptors (Lipinski definition) is 6. The Kier molecular flexibility index (Phi) is 6.41. The van der Waals surface area contributed by atoms with Gasteiger partial charge in [0.15, 0.2) is 11.5 Å². The molecule has 1 aliphatic carbocycles. The monoisotopic (exact) mass is 553 g/mol. The maximum atomic E-state index is 13.8. The highest BCUT2D eigenvalue weighted by atomic mass is 32.2. The summed E-state index contributed by atoms with van der Waals surface area (Å²) in [6.45, 7) is 1.78. The number of hydrogen-bond donors (Lipinski definition) is 1. The zero-order chi connectivity index (χ0) is 27.3. The van der Waals surface area contributed by atoms with Crippen LogP contribution in [0.25, 0.3) is 0 Å². The zero-order valence-corrected chi connectivity index (χ0v) is 22.5. The van der Waals surface area contributed by atoms with Crippen LogP contribution in [0.15, 0.2) is 59.1 Å². The van der Waals surface area contributed by atoms with E-state index < -0.39 is 22.0 Å². The molecule has 0 spiro atoms. The SMILES string of the molecule is CN(CC(C(=O)N1CC2=CN(S(=O)(=O)c3ccc4c(c3)OCCO4)CC2C1)c1cccc(C2CC2)c1)C(=O)O. The Bertz CT molecular complexity index is 1450. The summed E-state index contributed by atoms with van der Waals surface area (Å²) in [5.41, 5.74) is 2.87. The number of nitrogens with zero attached hydrogens (tertiary/aromatic N) is 3. The van der Waals surface area contributed by atoms with Crippen LogP contribution < -0.4 is 9.47 Å². The maximum Gasteiger partial charge on any atom is 0.407 e. The van der Waals surface area contributed by atoms with Crippen LogP contribution in [0.4, 0.5) is 4.79 Å². The number of amides is 2. The molecule has 1 saturated carbocycles. The average Bonchev–Trinajstić information content (AvgIpc) is 3.59. The molecule has 11 heteroatoms. The van der Waals surface area contributed by atoms with Gasteiger partial charge in [-0.1, -0.05) is 24.3 Å². The number of carbonyl (C=O) groups excluding carboxylic acids is 1. The number of rotatable bonds is 7. The Morgan fingerprint density at radius 2 is 1.82 bits per heavy atom. The largest absolute Gasteiger partial charge is 0.486 e. The van der Waals surface area contributed by atoms with E-state index in [1.165, 1.54) is 29.0 Å². The number of carboxylic acid groups (broad SMARTS) is 1. The van der Waals surface area contributed by atoms with Crippen molar-refractivity contribution in [2.75, 3.05) is 46.4 Å². The molecule has 2 unspecified atom stereocenters. The van der Waals surface area contributed by atoms with Gasteiger partial charge in [-0.25, -0.2) is 13.2 Å². The number of carbonyl (C=O) groups is 2. The normalized spacial score (nSPS) is 20.8. The molecule has 2 atom stereocenters. The molecule has 2 fully saturated rings. The molecule has 0 radical (unpaired) electrons. The second kappa shape index (κ2) is 9.78. The van der Waals surface area contributed by atoms with E-state index in [-0.39, 0.29) is 29.8 Å². The lowest BCUT2D eigenvalue weighted by atomic mass is 9.94. The zero-order valence-electron chi connectivity index (χ0n) is 21.7. The molecule has 4 aliphatic rings. The molecule has 2 amide bonds. The van der Waals surface area contributed by atoms with Crippen molar-refractivity contribution in [1.82, 2.24) is 14.1 Å². The molecule has 0 aromatic heterocycles. The number of sulfonamides is 1. The summed E-state index contributed by atoms with van der Waals surface area (Å²) in [6.07, 6.45) is 2.80. The molecule has 2 aromatic rings. The molecule has 3 heterocycles. The lowest BCUT2D eigenvalue weighted by molar-refractivity contribution is -0.132. The first-order valence-corrected chi connectivity index (χ1v) is 14.6. The van der Waals surface area contributed by atoms with Gasteiger partial charge in [-0.2, -0.15) is 0 Å². The Balaban J connectivity index is 1.20. The lowest BCUT2D eigenvalue weighted by Crippen LogP contribution is -2.40. The number of ether oxygens (including phenoxy) is 2. The van der Waals surface area contributed by atoms with Gasteiger partial charge < -0.3 is 24.4 Å². The fourth-order valence-electron chi connectivity index (χ4n) is 5.57. The topological polar surface area (TPSA) is 117 Å². The van der Waals surface area contributed by atoms with E-state index in [0.29, 0.717) is 43.7 Å². The van der Waals surface area contributed by atoms with Crippen molar-refractivity contribution in [2.45, 2.75) is 29.6 Å². The minimum absolute atomic E-state index is 0.0487. The minimum atomic E-state index is -3.80. The Morgan fingerprint density at radius 1 is 1.05 bits per heavy atom. The number of fused-ring (bicyclic) bond motifs is 2. The van der Waals surface area contributed by atoms with Crippen molar-refractivity contribution in [1.29, 1.82) is 0 Å². The average molecular weight is 554 g/mol. The highest BCUT2D eigenvalue weighted by Gasteiger charge is 2.41. The van der Waals surface area contributed by atoms with E-state index in [4.69, 9.17) is 9.47 Å². The van der Waals surface area contributed by atoms with E-state index in [9.17, 15) is 23.1 Å². The van der Waals surface area contributed by atoms with Crippen LogP contribution in [0.5, 0.6) is 11.5 Å². The predicted octanol–water partition coefficient (Wildman–Crippen LogP) is 3.08. The van der Waals surface area contributed by atoms with Gasteiger partial charge in [0, 0.05) is 51.4 Å². The third-order valence-electron chi connectivity index (χ3n) is 7.92. The van der Waals surface area contributed by atoms with Crippen molar-refractivity contribution >= 4 is 22.0 Å². The van der Waals surface area contributed by atoms with Gasteiger partial charge in [0.2, 0.25) is 5.91 Å². The molecule has 206 valence electrons. The van der Waals surface area contributed by atoms with Gasteiger partial charge in [0.05, 0.1) is 10.8 Å². The van der Waals surface area contributed by atoms with Gasteiger partial charge in [-0.05, 0) is 47.6 Å². The molecule has 1 saturated heterocycles. The second-order valence-electron chi connectivity index (χ2n) is 10.7. The Hall–Kier alpha value is -3.73. The highest BCUT2D eigenvalue weighted by molar-refractivity contribution is 7.89. The molecule has 10 nitrogen and oxygen atoms in total. The summed E-state index contributed by atoms with van der Waals surface area (Å²) in [4.78, 5) is 28.4. The van der Waals surface area contributed by atoms with Gasteiger partial charge in [-0.15, -0.1) is 0 Å². The van der Waals surface area contributed by atoms with E-state index >= 15 is 0 Å². The second-order valence-corrected chi connectivity index (χ2v) is 12.6. The first kappa shape index (κ1) is 25.5. The number of benzene rings is 2. The molecule has 6 rings (SSSR count). The standard InChI is InChI=1S/C28H31N3O7S/c1-29(28(33)34)17-24(20-4-2-3-19(11-20)18-5-6-18)27(32)30-13-21-15-31(16-22(21)14-30)39(35,36)23-7-8-25-26(12-23)38-10-9-37-25/h2-4,7-8,11-12,15,18,22,24H,5-6,9-10,13-14,16-17H2,1H3,(H,33,34). The van der Waals surface area contributed by atoms with E-state index in [0.717, 1.165) is 28.9 Å². The molecule has 2 aromatic carbocycles. The third-order valence-corrected chi connectivity index (χ3v) is 9.65. The molecular weight excluding hydrogens is 522 g/mol. The summed E-state index contributed by atoms with van der Waals surface area (Å²) in [5, 5.41) is 9.49. The van der Waals surface area contributed by atoms with Crippen LogP contribution in [0.3, 0.4) is 0 Å². The first-order valence-electron chi connectivity index (χ1n) is 13.2. The van der Waals surface area contributed by atoms with Crippen LogP contribution >= 0.6 is 0 Å². The van der Waals surface area contributed by atoms with Crippen LogP contribution in [-0.4, -0.2) is 86.1 Å². The van der Waals surface area contributed by atoms with Crippen molar-refractivity contribution in [3.63, 3.8) is 0 Å². The molecule has 0 bridgehead atoms. The van der Waals surface area contributed by atoms with Crippen LogP contribution in [0.1, 0.15) is 35.8 Å². The highest BCUT2D eigenvalue weighted by Crippen LogP contribution is 2.41. The smallest absolute Gasteiger partial charge is 0.407 e. The van der Waals surface area contributed by atoms with E-state index in [2.05, 4.69) is 6.07 Å².